The van der Waals surface area contributed by atoms with Crippen LogP contribution in [0.3, 0.4) is 0 Å². The molecule has 2 aromatic rings. The van der Waals surface area contributed by atoms with E-state index in [0.717, 1.165) is 25.1 Å². The monoisotopic (exact) mass is 291 g/mol. The number of nitrogens with zero attached hydrogens (tertiary/aromatic N) is 2. The van der Waals surface area contributed by atoms with Crippen molar-refractivity contribution in [3.63, 3.8) is 0 Å². The predicted octanol–water partition coefficient (Wildman–Crippen LogP) is 1.99. The Bertz CT molecular complexity index is 585. The summed E-state index contributed by atoms with van der Waals surface area (Å²) < 4.78 is 20.1. The number of esters is 1. The number of methoxy groups -OCH3 is 1. The topological polar surface area (TPSA) is 56.1 Å². The van der Waals surface area contributed by atoms with Gasteiger partial charge in [0, 0.05) is 25.5 Å². The molecule has 0 aliphatic carbocycles. The second kappa shape index (κ2) is 7.54. The summed E-state index contributed by atoms with van der Waals surface area (Å²) in [6, 6.07) is 6.41. The van der Waals surface area contributed by atoms with E-state index in [-0.39, 0.29) is 5.56 Å². The lowest BCUT2D eigenvalue weighted by atomic mass is 10.1. The minimum absolute atomic E-state index is 0.0417. The van der Waals surface area contributed by atoms with Crippen LogP contribution in [0.5, 0.6) is 0 Å². The zero-order valence-electron chi connectivity index (χ0n) is 11.9. The smallest absolute Gasteiger partial charge is 0.340 e. The van der Waals surface area contributed by atoms with Crippen molar-refractivity contribution < 1.29 is 13.9 Å². The Hall–Kier alpha value is -2.21. The maximum absolute atomic E-state index is 13.7. The molecule has 0 saturated carbocycles. The molecule has 0 aliphatic heterocycles. The minimum atomic E-state index is -0.661. The highest BCUT2D eigenvalue weighted by molar-refractivity contribution is 5.89. The maximum atomic E-state index is 13.7. The zero-order valence-corrected chi connectivity index (χ0v) is 11.9. The number of hydrogen-bond donors (Lipinski definition) is 1. The van der Waals surface area contributed by atoms with Crippen molar-refractivity contribution in [1.29, 1.82) is 0 Å². The Morgan fingerprint density at radius 3 is 3.00 bits per heavy atom. The molecule has 6 heteroatoms. The van der Waals surface area contributed by atoms with Gasteiger partial charge in [0.15, 0.2) is 0 Å². The molecule has 1 N–H and O–H groups in total. The van der Waals surface area contributed by atoms with E-state index < -0.39 is 11.8 Å². The van der Waals surface area contributed by atoms with Crippen molar-refractivity contribution in [2.75, 3.05) is 13.7 Å². The number of nitrogens with one attached hydrogen (secondary N) is 1. The summed E-state index contributed by atoms with van der Waals surface area (Å²) in [6.45, 7) is 2.20. The van der Waals surface area contributed by atoms with Gasteiger partial charge in [-0.3, -0.25) is 4.68 Å². The summed E-state index contributed by atoms with van der Waals surface area (Å²) >= 11 is 0. The molecule has 1 aromatic heterocycles. The number of carbonyl (C=O) groups is 1. The number of benzene rings is 1. The fraction of sp³-hybridized carbons (Fsp3) is 0.333. The molecule has 2 rings (SSSR count). The zero-order chi connectivity index (χ0) is 15.1. The quantitative estimate of drug-likeness (QED) is 0.626. The predicted molar refractivity (Wildman–Crippen MR) is 76.3 cm³/mol. The summed E-state index contributed by atoms with van der Waals surface area (Å²) in [4.78, 5) is 11.3. The third kappa shape index (κ3) is 4.39. The fourth-order valence-corrected chi connectivity index (χ4v) is 1.98. The molecule has 0 unspecified atom stereocenters. The number of aromatic nitrogens is 2. The molecular formula is C15H18FN3O2. The van der Waals surface area contributed by atoms with Gasteiger partial charge < -0.3 is 10.1 Å². The molecule has 5 nitrogen and oxygen atoms in total. The van der Waals surface area contributed by atoms with Crippen molar-refractivity contribution in [2.45, 2.75) is 19.5 Å². The molecule has 0 spiro atoms. The fourth-order valence-electron chi connectivity index (χ4n) is 1.98. The highest BCUT2D eigenvalue weighted by atomic mass is 19.1. The average molecular weight is 291 g/mol. The first-order valence-corrected chi connectivity index (χ1v) is 6.75. The molecule has 21 heavy (non-hydrogen) atoms. The van der Waals surface area contributed by atoms with Gasteiger partial charge in [-0.05, 0) is 36.7 Å². The van der Waals surface area contributed by atoms with Crippen molar-refractivity contribution in [3.05, 3.63) is 53.6 Å². The van der Waals surface area contributed by atoms with Crippen LogP contribution >= 0.6 is 0 Å². The number of aryl methyl sites for hydroxylation is 1. The van der Waals surface area contributed by atoms with Gasteiger partial charge in [0.1, 0.15) is 5.82 Å². The molecule has 0 atom stereocenters. The van der Waals surface area contributed by atoms with Gasteiger partial charge in [-0.2, -0.15) is 5.10 Å². The van der Waals surface area contributed by atoms with E-state index in [1.807, 2.05) is 16.9 Å². The Labute approximate surface area is 122 Å². The van der Waals surface area contributed by atoms with Gasteiger partial charge in [0.25, 0.3) is 0 Å². The van der Waals surface area contributed by atoms with E-state index in [1.165, 1.54) is 19.2 Å². The van der Waals surface area contributed by atoms with E-state index >= 15 is 0 Å². The van der Waals surface area contributed by atoms with Crippen molar-refractivity contribution in [2.24, 2.45) is 0 Å². The van der Waals surface area contributed by atoms with Gasteiger partial charge in [-0.25, -0.2) is 9.18 Å². The standard InChI is InChI=1S/C15H18FN3O2/c1-21-15(20)13-5-4-12(10-14(13)16)11-17-6-2-8-19-9-3-7-18-19/h3-5,7,9-10,17H,2,6,8,11H2,1H3. The van der Waals surface area contributed by atoms with Gasteiger partial charge >= 0.3 is 5.97 Å². The normalized spacial score (nSPS) is 10.6. The van der Waals surface area contributed by atoms with Crippen LogP contribution in [-0.2, 0) is 17.8 Å². The van der Waals surface area contributed by atoms with Crippen LogP contribution < -0.4 is 5.32 Å². The number of ether oxygens (including phenoxy) is 1. The van der Waals surface area contributed by atoms with Crippen LogP contribution in [0.4, 0.5) is 4.39 Å². The molecule has 0 fully saturated rings. The largest absolute Gasteiger partial charge is 0.465 e. The second-order valence-electron chi connectivity index (χ2n) is 4.61. The number of halogens is 1. The Morgan fingerprint density at radius 1 is 1.48 bits per heavy atom. The van der Waals surface area contributed by atoms with Crippen LogP contribution in [0.25, 0.3) is 0 Å². The van der Waals surface area contributed by atoms with E-state index in [2.05, 4.69) is 15.2 Å². The third-order valence-corrected chi connectivity index (χ3v) is 3.07. The van der Waals surface area contributed by atoms with E-state index in [0.29, 0.717) is 6.54 Å². The Balaban J connectivity index is 1.75. The minimum Gasteiger partial charge on any atom is -0.465 e. The number of hydrogen-bond acceptors (Lipinski definition) is 4. The van der Waals surface area contributed by atoms with Crippen molar-refractivity contribution >= 4 is 5.97 Å². The first-order chi connectivity index (χ1) is 10.2. The van der Waals surface area contributed by atoms with Crippen LogP contribution in [0.2, 0.25) is 0 Å². The molecule has 1 aromatic carbocycles. The van der Waals surface area contributed by atoms with E-state index in [4.69, 9.17) is 0 Å². The lowest BCUT2D eigenvalue weighted by Gasteiger charge is -2.07. The molecule has 0 saturated heterocycles. The van der Waals surface area contributed by atoms with E-state index in [9.17, 15) is 9.18 Å². The molecule has 0 aliphatic rings. The first kappa shape index (κ1) is 15.2. The molecule has 1 heterocycles. The molecular weight excluding hydrogens is 273 g/mol. The van der Waals surface area contributed by atoms with E-state index in [1.54, 1.807) is 12.3 Å². The second-order valence-corrected chi connectivity index (χ2v) is 4.61. The van der Waals surface area contributed by atoms with Gasteiger partial charge in [0.2, 0.25) is 0 Å². The van der Waals surface area contributed by atoms with Crippen LogP contribution in [0.1, 0.15) is 22.3 Å². The molecule has 0 bridgehead atoms. The summed E-state index contributed by atoms with van der Waals surface area (Å²) in [7, 11) is 1.23. The van der Waals surface area contributed by atoms with Crippen LogP contribution in [-0.4, -0.2) is 29.4 Å². The maximum Gasteiger partial charge on any atom is 0.340 e. The number of rotatable bonds is 7. The van der Waals surface area contributed by atoms with Crippen molar-refractivity contribution in [3.8, 4) is 0 Å². The first-order valence-electron chi connectivity index (χ1n) is 6.75. The van der Waals surface area contributed by atoms with Crippen LogP contribution in [0.15, 0.2) is 36.7 Å². The highest BCUT2D eigenvalue weighted by Crippen LogP contribution is 2.11. The summed E-state index contributed by atoms with van der Waals surface area (Å²) in [5, 5.41) is 7.34. The Morgan fingerprint density at radius 2 is 2.33 bits per heavy atom. The average Bonchev–Trinajstić information content (AvgIpc) is 2.99. The number of carbonyl (C=O) groups excluding carboxylic acids is 1. The SMILES string of the molecule is COC(=O)c1ccc(CNCCCn2cccn2)cc1F. The van der Waals surface area contributed by atoms with Gasteiger partial charge in [-0.15, -0.1) is 0 Å². The summed E-state index contributed by atoms with van der Waals surface area (Å²) in [6.07, 6.45) is 4.60. The highest BCUT2D eigenvalue weighted by Gasteiger charge is 2.11. The third-order valence-electron chi connectivity index (χ3n) is 3.07. The lowest BCUT2D eigenvalue weighted by Crippen LogP contribution is -2.17. The molecule has 112 valence electrons. The molecule has 0 amide bonds. The van der Waals surface area contributed by atoms with Crippen molar-refractivity contribution in [1.82, 2.24) is 15.1 Å². The Kier molecular flexibility index (Phi) is 5.45. The summed E-state index contributed by atoms with van der Waals surface area (Å²) in [5.41, 5.74) is 0.749. The summed E-state index contributed by atoms with van der Waals surface area (Å²) in [5.74, 6) is -1.22. The van der Waals surface area contributed by atoms with Gasteiger partial charge in [-0.1, -0.05) is 6.07 Å². The molecule has 0 radical (unpaired) electrons. The van der Waals surface area contributed by atoms with Crippen LogP contribution in [0, 0.1) is 5.82 Å². The lowest BCUT2D eigenvalue weighted by molar-refractivity contribution is 0.0595. The van der Waals surface area contributed by atoms with Gasteiger partial charge in [0.05, 0.1) is 12.7 Å².